The van der Waals surface area contributed by atoms with Crippen LogP contribution in [0.5, 0.6) is 5.75 Å². The van der Waals surface area contributed by atoms with Gasteiger partial charge in [-0.15, -0.1) is 0 Å². The Bertz CT molecular complexity index is 646. The number of hydrogen-bond acceptors (Lipinski definition) is 5. The van der Waals surface area contributed by atoms with Crippen molar-refractivity contribution >= 4 is 17.3 Å². The summed E-state index contributed by atoms with van der Waals surface area (Å²) in [6, 6.07) is 4.60. The number of aromatic nitrogens is 2. The first kappa shape index (κ1) is 15.0. The third-order valence-electron chi connectivity index (χ3n) is 3.16. The van der Waals surface area contributed by atoms with E-state index in [4.69, 9.17) is 4.74 Å². The molecule has 0 fully saturated rings. The second kappa shape index (κ2) is 6.39. The molecule has 2 rings (SSSR count). The van der Waals surface area contributed by atoms with Crippen molar-refractivity contribution in [2.75, 3.05) is 24.8 Å². The van der Waals surface area contributed by atoms with E-state index in [-0.39, 0.29) is 5.75 Å². The number of halogens is 1. The van der Waals surface area contributed by atoms with Crippen LogP contribution in [0.3, 0.4) is 0 Å². The molecule has 112 valence electrons. The van der Waals surface area contributed by atoms with E-state index < -0.39 is 5.82 Å². The van der Waals surface area contributed by atoms with Gasteiger partial charge in [0.15, 0.2) is 11.6 Å². The van der Waals surface area contributed by atoms with Crippen LogP contribution in [0, 0.1) is 12.7 Å². The molecule has 0 saturated heterocycles. The van der Waals surface area contributed by atoms with Gasteiger partial charge in [0.05, 0.1) is 7.11 Å². The Kier molecular flexibility index (Phi) is 4.57. The van der Waals surface area contributed by atoms with E-state index in [2.05, 4.69) is 20.6 Å². The van der Waals surface area contributed by atoms with Crippen LogP contribution in [0.4, 0.5) is 21.7 Å². The Morgan fingerprint density at radius 3 is 2.57 bits per heavy atom. The van der Waals surface area contributed by atoms with E-state index in [1.165, 1.54) is 13.2 Å². The van der Waals surface area contributed by atoms with Gasteiger partial charge in [-0.2, -0.15) is 0 Å². The van der Waals surface area contributed by atoms with Crippen LogP contribution in [0.15, 0.2) is 18.2 Å². The number of methoxy groups -OCH3 is 1. The van der Waals surface area contributed by atoms with Crippen LogP contribution in [0.2, 0.25) is 0 Å². The first-order valence-electron chi connectivity index (χ1n) is 6.74. The predicted octanol–water partition coefficient (Wildman–Crippen LogP) is 3.28. The Morgan fingerprint density at radius 2 is 1.95 bits per heavy atom. The summed E-state index contributed by atoms with van der Waals surface area (Å²) in [4.78, 5) is 8.89. The van der Waals surface area contributed by atoms with E-state index in [1.54, 1.807) is 12.1 Å². The van der Waals surface area contributed by atoms with Gasteiger partial charge in [0.2, 0.25) is 0 Å². The number of nitrogens with zero attached hydrogens (tertiary/aromatic N) is 2. The van der Waals surface area contributed by atoms with Crippen molar-refractivity contribution < 1.29 is 9.13 Å². The fourth-order valence-electron chi connectivity index (χ4n) is 1.96. The summed E-state index contributed by atoms with van der Waals surface area (Å²) in [5.41, 5.74) is 1.61. The van der Waals surface area contributed by atoms with E-state index in [1.807, 2.05) is 20.9 Å². The minimum Gasteiger partial charge on any atom is -0.494 e. The second-order valence-corrected chi connectivity index (χ2v) is 4.54. The van der Waals surface area contributed by atoms with Crippen molar-refractivity contribution in [3.05, 3.63) is 35.4 Å². The molecule has 0 unspecified atom stereocenters. The summed E-state index contributed by atoms with van der Waals surface area (Å²) in [5.74, 6) is 2.00. The molecule has 0 atom stereocenters. The van der Waals surface area contributed by atoms with Gasteiger partial charge in [-0.25, -0.2) is 14.4 Å². The molecule has 1 aromatic carbocycles. The van der Waals surface area contributed by atoms with Crippen molar-refractivity contribution in [3.8, 4) is 5.75 Å². The van der Waals surface area contributed by atoms with Crippen LogP contribution in [-0.4, -0.2) is 24.1 Å². The molecule has 5 nitrogen and oxygen atoms in total. The number of benzene rings is 1. The first-order valence-corrected chi connectivity index (χ1v) is 6.74. The molecule has 21 heavy (non-hydrogen) atoms. The second-order valence-electron chi connectivity index (χ2n) is 4.54. The van der Waals surface area contributed by atoms with Gasteiger partial charge >= 0.3 is 0 Å². The van der Waals surface area contributed by atoms with Gasteiger partial charge in [-0.05, 0) is 19.1 Å². The van der Waals surface area contributed by atoms with E-state index in [0.717, 1.165) is 23.6 Å². The summed E-state index contributed by atoms with van der Waals surface area (Å²) in [6.45, 7) is 3.92. The number of ether oxygens (including phenoxy) is 1. The molecule has 0 aliphatic carbocycles. The highest BCUT2D eigenvalue weighted by Gasteiger charge is 2.11. The number of hydrogen-bond donors (Lipinski definition) is 2. The molecule has 2 aromatic rings. The highest BCUT2D eigenvalue weighted by Crippen LogP contribution is 2.27. The fraction of sp³-hybridized carbons (Fsp3) is 0.333. The molecular formula is C15H19FN4O. The highest BCUT2D eigenvalue weighted by atomic mass is 19.1. The van der Waals surface area contributed by atoms with Crippen LogP contribution < -0.4 is 15.4 Å². The number of nitrogens with one attached hydrogen (secondary N) is 2. The minimum atomic E-state index is -0.396. The first-order chi connectivity index (χ1) is 10.1. The van der Waals surface area contributed by atoms with Crippen LogP contribution in [0.25, 0.3) is 0 Å². The Hall–Kier alpha value is -2.37. The third kappa shape index (κ3) is 3.21. The lowest BCUT2D eigenvalue weighted by molar-refractivity contribution is 0.387. The minimum absolute atomic E-state index is 0.191. The Balaban J connectivity index is 2.38. The standard InChI is InChI=1S/C15H19FN4O/c1-5-13-19-14(17-3)9(2)15(20-13)18-10-6-7-11(16)12(8-10)21-4/h6-8H,5H2,1-4H3,(H2,17,18,19,20). The van der Waals surface area contributed by atoms with Gasteiger partial charge < -0.3 is 15.4 Å². The Morgan fingerprint density at radius 1 is 1.24 bits per heavy atom. The lowest BCUT2D eigenvalue weighted by Gasteiger charge is -2.14. The fourth-order valence-corrected chi connectivity index (χ4v) is 1.96. The summed E-state index contributed by atoms with van der Waals surface area (Å²) < 4.78 is 18.4. The van der Waals surface area contributed by atoms with E-state index >= 15 is 0 Å². The van der Waals surface area contributed by atoms with Gasteiger partial charge in [0, 0.05) is 30.8 Å². The molecule has 2 N–H and O–H groups in total. The molecule has 1 aromatic heterocycles. The third-order valence-corrected chi connectivity index (χ3v) is 3.16. The quantitative estimate of drug-likeness (QED) is 0.885. The molecule has 6 heteroatoms. The molecule has 0 aliphatic rings. The summed E-state index contributed by atoms with van der Waals surface area (Å²) >= 11 is 0. The molecule has 0 aliphatic heterocycles. The van der Waals surface area contributed by atoms with E-state index in [9.17, 15) is 4.39 Å². The van der Waals surface area contributed by atoms with Crippen molar-refractivity contribution in [2.24, 2.45) is 0 Å². The lowest BCUT2D eigenvalue weighted by Crippen LogP contribution is -2.07. The van der Waals surface area contributed by atoms with Crippen molar-refractivity contribution in [2.45, 2.75) is 20.3 Å². The molecule has 0 radical (unpaired) electrons. The molecule has 0 spiro atoms. The maximum atomic E-state index is 13.4. The zero-order valence-electron chi connectivity index (χ0n) is 12.6. The molecule has 0 bridgehead atoms. The van der Waals surface area contributed by atoms with Crippen molar-refractivity contribution in [1.29, 1.82) is 0 Å². The predicted molar refractivity (Wildman–Crippen MR) is 81.9 cm³/mol. The van der Waals surface area contributed by atoms with Gasteiger partial charge in [0.25, 0.3) is 0 Å². The zero-order chi connectivity index (χ0) is 15.4. The topological polar surface area (TPSA) is 59.1 Å². The lowest BCUT2D eigenvalue weighted by atomic mass is 10.2. The van der Waals surface area contributed by atoms with Gasteiger partial charge in [-0.3, -0.25) is 0 Å². The van der Waals surface area contributed by atoms with Crippen molar-refractivity contribution in [3.63, 3.8) is 0 Å². The summed E-state index contributed by atoms with van der Waals surface area (Å²) in [7, 11) is 3.26. The maximum Gasteiger partial charge on any atom is 0.165 e. The largest absolute Gasteiger partial charge is 0.494 e. The van der Waals surface area contributed by atoms with Gasteiger partial charge in [-0.1, -0.05) is 6.92 Å². The SMILES string of the molecule is CCc1nc(NC)c(C)c(Nc2ccc(F)c(OC)c2)n1. The number of aryl methyl sites for hydroxylation is 1. The molecular weight excluding hydrogens is 271 g/mol. The smallest absolute Gasteiger partial charge is 0.165 e. The highest BCUT2D eigenvalue weighted by molar-refractivity contribution is 5.65. The number of rotatable bonds is 5. The maximum absolute atomic E-state index is 13.4. The average molecular weight is 290 g/mol. The molecule has 1 heterocycles. The van der Waals surface area contributed by atoms with E-state index in [0.29, 0.717) is 11.5 Å². The molecule has 0 saturated carbocycles. The summed E-state index contributed by atoms with van der Waals surface area (Å²) in [5, 5.41) is 6.24. The van der Waals surface area contributed by atoms with Gasteiger partial charge in [0.1, 0.15) is 17.5 Å². The van der Waals surface area contributed by atoms with Crippen molar-refractivity contribution in [1.82, 2.24) is 9.97 Å². The van der Waals surface area contributed by atoms with Crippen LogP contribution in [-0.2, 0) is 6.42 Å². The normalized spacial score (nSPS) is 10.3. The summed E-state index contributed by atoms with van der Waals surface area (Å²) in [6.07, 6.45) is 0.733. The van der Waals surface area contributed by atoms with Crippen LogP contribution >= 0.6 is 0 Å². The number of anilines is 3. The molecule has 0 amide bonds. The van der Waals surface area contributed by atoms with Crippen LogP contribution in [0.1, 0.15) is 18.3 Å². The monoisotopic (exact) mass is 290 g/mol. The average Bonchev–Trinajstić information content (AvgIpc) is 2.51. The Labute approximate surface area is 123 Å². The zero-order valence-corrected chi connectivity index (χ0v) is 12.6.